The van der Waals surface area contributed by atoms with E-state index < -0.39 is 30.4 Å². The number of rotatable bonds is 6. The van der Waals surface area contributed by atoms with E-state index in [1.54, 1.807) is 0 Å². The first-order chi connectivity index (χ1) is 9.79. The third-order valence-corrected chi connectivity index (χ3v) is 3.18. The molecule has 2 amide bonds. The highest BCUT2D eigenvalue weighted by molar-refractivity contribution is 9.10. The second kappa shape index (κ2) is 7.63. The topological polar surface area (TPSA) is 107 Å². The number of carboxylic acid groups (broad SMARTS) is 2. The van der Waals surface area contributed by atoms with E-state index in [0.717, 1.165) is 10.0 Å². The summed E-state index contributed by atoms with van der Waals surface area (Å²) >= 11 is 3.30. The number of amides is 2. The van der Waals surface area contributed by atoms with Crippen LogP contribution < -0.4 is 5.32 Å². The fourth-order valence-electron chi connectivity index (χ4n) is 1.57. The molecule has 0 radical (unpaired) electrons. The zero-order chi connectivity index (χ0) is 16.0. The normalized spacial score (nSPS) is 11.5. The Labute approximate surface area is 129 Å². The van der Waals surface area contributed by atoms with E-state index in [-0.39, 0.29) is 6.54 Å². The Morgan fingerprint density at radius 1 is 1.24 bits per heavy atom. The van der Waals surface area contributed by atoms with Gasteiger partial charge in [0, 0.05) is 18.1 Å². The molecule has 7 nitrogen and oxygen atoms in total. The van der Waals surface area contributed by atoms with Gasteiger partial charge in [0.15, 0.2) is 0 Å². The molecule has 0 fully saturated rings. The second-order valence-electron chi connectivity index (χ2n) is 4.42. The fourth-order valence-corrected chi connectivity index (χ4v) is 1.83. The highest BCUT2D eigenvalue weighted by Crippen LogP contribution is 2.11. The summed E-state index contributed by atoms with van der Waals surface area (Å²) < 4.78 is 0.908. The first-order valence-corrected chi connectivity index (χ1v) is 6.79. The highest BCUT2D eigenvalue weighted by atomic mass is 79.9. The lowest BCUT2D eigenvalue weighted by Gasteiger charge is -2.20. The van der Waals surface area contributed by atoms with Crippen LogP contribution in [-0.4, -0.2) is 46.2 Å². The van der Waals surface area contributed by atoms with E-state index in [9.17, 15) is 14.4 Å². The summed E-state index contributed by atoms with van der Waals surface area (Å²) in [4.78, 5) is 34.6. The zero-order valence-corrected chi connectivity index (χ0v) is 12.8. The summed E-state index contributed by atoms with van der Waals surface area (Å²) in [6, 6.07) is 5.19. The maximum Gasteiger partial charge on any atom is 0.326 e. The summed E-state index contributed by atoms with van der Waals surface area (Å²) in [6.07, 6.45) is -0.673. The first kappa shape index (κ1) is 17.0. The number of benzene rings is 1. The predicted octanol–water partition coefficient (Wildman–Crippen LogP) is 1.52. The number of aliphatic carboxylic acids is 2. The van der Waals surface area contributed by atoms with Crippen molar-refractivity contribution in [2.45, 2.75) is 19.0 Å². The molecule has 0 bridgehead atoms. The third kappa shape index (κ3) is 5.82. The molecule has 0 heterocycles. The van der Waals surface area contributed by atoms with Gasteiger partial charge < -0.3 is 20.4 Å². The number of nitrogens with zero attached hydrogens (tertiary/aromatic N) is 1. The van der Waals surface area contributed by atoms with Crippen molar-refractivity contribution in [1.82, 2.24) is 10.2 Å². The lowest BCUT2D eigenvalue weighted by molar-refractivity contribution is -0.145. The summed E-state index contributed by atoms with van der Waals surface area (Å²) in [5.41, 5.74) is 0.862. The molecule has 8 heteroatoms. The maximum atomic E-state index is 11.9. The zero-order valence-electron chi connectivity index (χ0n) is 11.2. The van der Waals surface area contributed by atoms with Crippen molar-refractivity contribution in [1.29, 1.82) is 0 Å². The van der Waals surface area contributed by atoms with E-state index in [1.807, 2.05) is 24.3 Å². The molecule has 1 aromatic carbocycles. The van der Waals surface area contributed by atoms with Crippen LogP contribution >= 0.6 is 15.9 Å². The molecule has 0 aliphatic carbocycles. The molecule has 1 atom stereocenters. The van der Waals surface area contributed by atoms with Crippen molar-refractivity contribution in [2.24, 2.45) is 0 Å². The second-order valence-corrected chi connectivity index (χ2v) is 5.34. The molecule has 0 aromatic heterocycles. The number of carboxylic acids is 2. The number of carbonyl (C=O) groups excluding carboxylic acids is 1. The lowest BCUT2D eigenvalue weighted by Crippen LogP contribution is -2.47. The average molecular weight is 359 g/mol. The maximum absolute atomic E-state index is 11.9. The van der Waals surface area contributed by atoms with Crippen molar-refractivity contribution >= 4 is 33.9 Å². The van der Waals surface area contributed by atoms with Gasteiger partial charge in [0.25, 0.3) is 0 Å². The van der Waals surface area contributed by atoms with Gasteiger partial charge in [-0.05, 0) is 17.7 Å². The quantitative estimate of drug-likeness (QED) is 0.714. The van der Waals surface area contributed by atoms with Crippen LogP contribution in [0.25, 0.3) is 0 Å². The van der Waals surface area contributed by atoms with E-state index in [1.165, 1.54) is 11.9 Å². The van der Waals surface area contributed by atoms with Crippen molar-refractivity contribution in [2.75, 3.05) is 7.05 Å². The number of urea groups is 1. The molecule has 3 N–H and O–H groups in total. The van der Waals surface area contributed by atoms with E-state index in [2.05, 4.69) is 21.2 Å². The Morgan fingerprint density at radius 3 is 2.29 bits per heavy atom. The predicted molar refractivity (Wildman–Crippen MR) is 77.8 cm³/mol. The van der Waals surface area contributed by atoms with Crippen molar-refractivity contribution in [3.8, 4) is 0 Å². The van der Waals surface area contributed by atoms with Gasteiger partial charge in [-0.25, -0.2) is 9.59 Å². The van der Waals surface area contributed by atoms with E-state index in [0.29, 0.717) is 0 Å². The van der Waals surface area contributed by atoms with Crippen LogP contribution in [0.5, 0.6) is 0 Å². The fraction of sp³-hybridized carbons (Fsp3) is 0.308. The van der Waals surface area contributed by atoms with Gasteiger partial charge in [-0.3, -0.25) is 4.79 Å². The van der Waals surface area contributed by atoms with Crippen molar-refractivity contribution < 1.29 is 24.6 Å². The lowest BCUT2D eigenvalue weighted by atomic mass is 10.2. The van der Waals surface area contributed by atoms with Gasteiger partial charge in [0.1, 0.15) is 6.04 Å². The molecule has 1 unspecified atom stereocenters. The first-order valence-electron chi connectivity index (χ1n) is 6.00. The minimum Gasteiger partial charge on any atom is -0.481 e. The van der Waals surface area contributed by atoms with Gasteiger partial charge in [-0.15, -0.1) is 0 Å². The van der Waals surface area contributed by atoms with Crippen LogP contribution in [0, 0.1) is 0 Å². The summed E-state index contributed by atoms with van der Waals surface area (Å²) in [7, 11) is 1.50. The molecule has 0 saturated carbocycles. The largest absolute Gasteiger partial charge is 0.481 e. The molecule has 1 rings (SSSR count). The Bertz CT molecular complexity index is 532. The summed E-state index contributed by atoms with van der Waals surface area (Å²) in [5, 5.41) is 19.7. The van der Waals surface area contributed by atoms with Gasteiger partial charge in [0.05, 0.1) is 6.42 Å². The molecule has 0 aliphatic rings. The Hall–Kier alpha value is -2.09. The minimum absolute atomic E-state index is 0.276. The van der Waals surface area contributed by atoms with Crippen LogP contribution in [-0.2, 0) is 16.1 Å². The monoisotopic (exact) mass is 358 g/mol. The van der Waals surface area contributed by atoms with Crippen LogP contribution in [0.3, 0.4) is 0 Å². The Balaban J connectivity index is 2.62. The van der Waals surface area contributed by atoms with Gasteiger partial charge in [-0.1, -0.05) is 28.1 Å². The summed E-state index contributed by atoms with van der Waals surface area (Å²) in [6.45, 7) is 0.276. The molecule has 0 saturated heterocycles. The van der Waals surface area contributed by atoms with E-state index >= 15 is 0 Å². The molecule has 114 valence electrons. The number of nitrogens with one attached hydrogen (secondary N) is 1. The molecular formula is C13H15BrN2O5. The summed E-state index contributed by atoms with van der Waals surface area (Å²) in [5.74, 6) is -2.68. The molecule has 0 spiro atoms. The van der Waals surface area contributed by atoms with E-state index in [4.69, 9.17) is 10.2 Å². The third-order valence-electron chi connectivity index (χ3n) is 2.65. The van der Waals surface area contributed by atoms with Crippen LogP contribution in [0.2, 0.25) is 0 Å². The van der Waals surface area contributed by atoms with Crippen molar-refractivity contribution in [3.63, 3.8) is 0 Å². The highest BCUT2D eigenvalue weighted by Gasteiger charge is 2.24. The average Bonchev–Trinajstić information content (AvgIpc) is 2.39. The Kier molecular flexibility index (Phi) is 6.16. The molecule has 21 heavy (non-hydrogen) atoms. The van der Waals surface area contributed by atoms with Crippen LogP contribution in [0.1, 0.15) is 12.0 Å². The van der Waals surface area contributed by atoms with Crippen LogP contribution in [0.4, 0.5) is 4.79 Å². The standard InChI is InChI=1S/C13H15BrN2O5/c1-16(7-8-2-4-9(14)5-3-8)13(21)15-10(12(19)20)6-11(17)18/h2-5,10H,6-7H2,1H3,(H,15,21)(H,17,18)(H,19,20). The number of hydrogen-bond acceptors (Lipinski definition) is 3. The van der Waals surface area contributed by atoms with Gasteiger partial charge in [-0.2, -0.15) is 0 Å². The van der Waals surface area contributed by atoms with Gasteiger partial charge in [0.2, 0.25) is 0 Å². The smallest absolute Gasteiger partial charge is 0.326 e. The van der Waals surface area contributed by atoms with Crippen LogP contribution in [0.15, 0.2) is 28.7 Å². The minimum atomic E-state index is -1.46. The molecule has 0 aliphatic heterocycles. The number of hydrogen-bond donors (Lipinski definition) is 3. The molecule has 1 aromatic rings. The van der Waals surface area contributed by atoms with Gasteiger partial charge >= 0.3 is 18.0 Å². The van der Waals surface area contributed by atoms with Crippen molar-refractivity contribution in [3.05, 3.63) is 34.3 Å². The SMILES string of the molecule is CN(Cc1ccc(Br)cc1)C(=O)NC(CC(=O)O)C(=O)O. The number of halogens is 1. The Morgan fingerprint density at radius 2 is 1.81 bits per heavy atom. The number of carbonyl (C=O) groups is 3. The molecular weight excluding hydrogens is 344 g/mol.